The highest BCUT2D eigenvalue weighted by atomic mass is 35.5. The third kappa shape index (κ3) is 2.82. The molecule has 0 unspecified atom stereocenters. The molecule has 3 amide bonds. The molecular weight excluding hydrogens is 404 g/mol. The van der Waals surface area contributed by atoms with Crippen LogP contribution in [0, 0.1) is 23.7 Å². The Balaban J connectivity index is 1.48. The summed E-state index contributed by atoms with van der Waals surface area (Å²) in [5.74, 6) is -0.205. The van der Waals surface area contributed by atoms with Crippen LogP contribution in [-0.4, -0.2) is 24.8 Å². The molecule has 5 rings (SSSR count). The van der Waals surface area contributed by atoms with Gasteiger partial charge in [0.15, 0.2) is 0 Å². The van der Waals surface area contributed by atoms with E-state index in [4.69, 9.17) is 16.3 Å². The first-order chi connectivity index (χ1) is 14.5. The maximum atomic E-state index is 13.2. The molecule has 154 valence electrons. The molecule has 2 aromatic rings. The number of amides is 3. The highest BCUT2D eigenvalue weighted by Gasteiger charge is 2.61. The van der Waals surface area contributed by atoms with Crippen molar-refractivity contribution in [2.45, 2.75) is 19.3 Å². The highest BCUT2D eigenvalue weighted by molar-refractivity contribution is 6.31. The molecule has 6 nitrogen and oxygen atoms in total. The first-order valence-corrected chi connectivity index (χ1v) is 10.5. The molecule has 30 heavy (non-hydrogen) atoms. The van der Waals surface area contributed by atoms with Gasteiger partial charge in [0.1, 0.15) is 5.75 Å². The van der Waals surface area contributed by atoms with Gasteiger partial charge in [-0.2, -0.15) is 0 Å². The Morgan fingerprint density at radius 2 is 1.73 bits per heavy atom. The predicted octanol–water partition coefficient (Wildman–Crippen LogP) is 4.14. The summed E-state index contributed by atoms with van der Waals surface area (Å²) in [6.45, 7) is 0. The first-order valence-electron chi connectivity index (χ1n) is 10.1. The van der Waals surface area contributed by atoms with Crippen LogP contribution in [-0.2, 0) is 9.59 Å². The van der Waals surface area contributed by atoms with E-state index in [1.807, 2.05) is 0 Å². The van der Waals surface area contributed by atoms with Crippen molar-refractivity contribution in [3.05, 3.63) is 53.1 Å². The lowest BCUT2D eigenvalue weighted by atomic mass is 9.81. The maximum Gasteiger partial charge on any atom is 0.257 e. The number of para-hydroxylation sites is 1. The molecule has 1 saturated heterocycles. The van der Waals surface area contributed by atoms with Crippen LogP contribution in [0.5, 0.6) is 5.75 Å². The van der Waals surface area contributed by atoms with Gasteiger partial charge in [-0.15, -0.1) is 0 Å². The van der Waals surface area contributed by atoms with Crippen LogP contribution >= 0.6 is 11.6 Å². The predicted molar refractivity (Wildman–Crippen MR) is 113 cm³/mol. The SMILES string of the molecule is COc1ccc(Cl)cc1NC(=O)c1ccccc1N1C(=O)[C@@H]2[C@H]3CC[C@@H](C3)[C@H]2C1=O. The van der Waals surface area contributed by atoms with Crippen molar-refractivity contribution in [1.82, 2.24) is 0 Å². The van der Waals surface area contributed by atoms with Crippen LogP contribution < -0.4 is 15.0 Å². The standard InChI is InChI=1S/C23H21ClN2O4/c1-30-18-9-8-14(24)11-16(18)25-21(27)15-4-2-3-5-17(15)26-22(28)19-12-6-7-13(10-12)20(19)23(26)29/h2-5,8-9,11-13,19-20H,6-7,10H2,1H3,(H,25,27)/t12-,13-,19+,20+/m0/s1. The summed E-state index contributed by atoms with van der Waals surface area (Å²) in [6, 6.07) is 11.6. The molecule has 2 aliphatic carbocycles. The minimum absolute atomic E-state index is 0.169. The Morgan fingerprint density at radius 3 is 2.40 bits per heavy atom. The Morgan fingerprint density at radius 1 is 1.07 bits per heavy atom. The number of anilines is 2. The number of nitrogens with zero attached hydrogens (tertiary/aromatic N) is 1. The largest absolute Gasteiger partial charge is 0.495 e. The zero-order valence-corrected chi connectivity index (χ0v) is 17.2. The summed E-state index contributed by atoms with van der Waals surface area (Å²) >= 11 is 6.06. The van der Waals surface area contributed by atoms with E-state index in [1.165, 1.54) is 12.0 Å². The van der Waals surface area contributed by atoms with Crippen LogP contribution in [0.1, 0.15) is 29.6 Å². The molecule has 7 heteroatoms. The molecule has 2 aromatic carbocycles. The number of fused-ring (bicyclic) bond motifs is 5. The molecule has 0 aromatic heterocycles. The fourth-order valence-electron chi connectivity index (χ4n) is 5.47. The van der Waals surface area contributed by atoms with Gasteiger partial charge in [0, 0.05) is 5.02 Å². The third-order valence-corrected chi connectivity index (χ3v) is 6.96. The molecule has 1 aliphatic heterocycles. The van der Waals surface area contributed by atoms with Gasteiger partial charge in [0.25, 0.3) is 5.91 Å². The molecule has 1 heterocycles. The summed E-state index contributed by atoms with van der Waals surface area (Å²) in [4.78, 5) is 40.8. The van der Waals surface area contributed by atoms with E-state index in [2.05, 4.69) is 5.32 Å². The molecule has 3 aliphatic rings. The van der Waals surface area contributed by atoms with Gasteiger partial charge < -0.3 is 10.1 Å². The van der Waals surface area contributed by atoms with Crippen molar-refractivity contribution in [1.29, 1.82) is 0 Å². The van der Waals surface area contributed by atoms with Gasteiger partial charge in [-0.25, -0.2) is 4.90 Å². The van der Waals surface area contributed by atoms with Crippen molar-refractivity contribution in [3.63, 3.8) is 0 Å². The van der Waals surface area contributed by atoms with E-state index in [0.29, 0.717) is 22.1 Å². The number of imide groups is 1. The zero-order valence-electron chi connectivity index (χ0n) is 16.4. The van der Waals surface area contributed by atoms with Crippen LogP contribution in [0.4, 0.5) is 11.4 Å². The fourth-order valence-corrected chi connectivity index (χ4v) is 5.65. The van der Waals surface area contributed by atoms with Crippen molar-refractivity contribution in [2.24, 2.45) is 23.7 Å². The molecule has 3 fully saturated rings. The Hall–Kier alpha value is -2.86. The lowest BCUT2D eigenvalue weighted by Gasteiger charge is -2.20. The van der Waals surface area contributed by atoms with Crippen LogP contribution in [0.3, 0.4) is 0 Å². The number of nitrogens with one attached hydrogen (secondary N) is 1. The molecule has 1 N–H and O–H groups in total. The van der Waals surface area contributed by atoms with Crippen molar-refractivity contribution < 1.29 is 19.1 Å². The number of halogens is 1. The lowest BCUT2D eigenvalue weighted by Crippen LogP contribution is -2.34. The average Bonchev–Trinajstić information content (AvgIpc) is 3.42. The lowest BCUT2D eigenvalue weighted by molar-refractivity contribution is -0.123. The molecule has 4 atom stereocenters. The number of methoxy groups -OCH3 is 1. The Bertz CT molecular complexity index is 1040. The van der Waals surface area contributed by atoms with Crippen molar-refractivity contribution in [2.75, 3.05) is 17.3 Å². The number of benzene rings is 2. The summed E-state index contributed by atoms with van der Waals surface area (Å²) < 4.78 is 5.29. The first kappa shape index (κ1) is 19.1. The van der Waals surface area contributed by atoms with Gasteiger partial charge >= 0.3 is 0 Å². The van der Waals surface area contributed by atoms with Crippen LogP contribution in [0.25, 0.3) is 0 Å². The van der Waals surface area contributed by atoms with Crippen LogP contribution in [0.15, 0.2) is 42.5 Å². The van der Waals surface area contributed by atoms with E-state index in [9.17, 15) is 14.4 Å². The number of carbonyl (C=O) groups is 3. The third-order valence-electron chi connectivity index (χ3n) is 6.73. The van der Waals surface area contributed by atoms with Gasteiger partial charge in [0.05, 0.1) is 35.9 Å². The second-order valence-corrected chi connectivity index (χ2v) is 8.65. The number of hydrogen-bond acceptors (Lipinski definition) is 4. The number of carbonyl (C=O) groups excluding carboxylic acids is 3. The zero-order chi connectivity index (χ0) is 21.0. The van der Waals surface area contributed by atoms with E-state index >= 15 is 0 Å². The minimum Gasteiger partial charge on any atom is -0.495 e. The summed E-state index contributed by atoms with van der Waals surface area (Å²) in [5, 5.41) is 3.25. The second-order valence-electron chi connectivity index (χ2n) is 8.21. The Kier molecular flexibility index (Phi) is 4.54. The van der Waals surface area contributed by atoms with E-state index in [1.54, 1.807) is 42.5 Å². The van der Waals surface area contributed by atoms with Gasteiger partial charge in [0.2, 0.25) is 11.8 Å². The van der Waals surface area contributed by atoms with Crippen molar-refractivity contribution in [3.8, 4) is 5.75 Å². The number of ether oxygens (including phenoxy) is 1. The van der Waals surface area contributed by atoms with E-state index in [-0.39, 0.29) is 41.0 Å². The van der Waals surface area contributed by atoms with Gasteiger partial charge in [-0.1, -0.05) is 23.7 Å². The quantitative estimate of drug-likeness (QED) is 0.748. The summed E-state index contributed by atoms with van der Waals surface area (Å²) in [7, 11) is 1.50. The number of rotatable bonds is 4. The topological polar surface area (TPSA) is 75.7 Å². The normalized spacial score (nSPS) is 26.8. The average molecular weight is 425 g/mol. The van der Waals surface area contributed by atoms with Crippen LogP contribution in [0.2, 0.25) is 5.02 Å². The van der Waals surface area contributed by atoms with Gasteiger partial charge in [-0.05, 0) is 61.4 Å². The summed E-state index contributed by atoms with van der Waals surface area (Å²) in [5.41, 5.74) is 1.01. The van der Waals surface area contributed by atoms with Crippen molar-refractivity contribution >= 4 is 40.7 Å². The highest BCUT2D eigenvalue weighted by Crippen LogP contribution is 2.56. The fraction of sp³-hybridized carbons (Fsp3) is 0.348. The maximum absolute atomic E-state index is 13.2. The minimum atomic E-state index is -0.438. The van der Waals surface area contributed by atoms with Gasteiger partial charge in [-0.3, -0.25) is 14.4 Å². The monoisotopic (exact) mass is 424 g/mol. The molecule has 0 spiro atoms. The number of hydrogen-bond donors (Lipinski definition) is 1. The second kappa shape index (κ2) is 7.13. The molecule has 0 radical (unpaired) electrons. The smallest absolute Gasteiger partial charge is 0.257 e. The molecule has 2 saturated carbocycles. The summed E-state index contributed by atoms with van der Waals surface area (Å²) in [6.07, 6.45) is 2.99. The molecular formula is C23H21ClN2O4. The van der Waals surface area contributed by atoms with E-state index < -0.39 is 5.91 Å². The molecule has 2 bridgehead atoms. The Labute approximate surface area is 179 Å². The van der Waals surface area contributed by atoms with E-state index in [0.717, 1.165) is 19.3 Å².